The lowest BCUT2D eigenvalue weighted by Gasteiger charge is -2.22. The summed E-state index contributed by atoms with van der Waals surface area (Å²) in [6.45, 7) is 8.56. The topological polar surface area (TPSA) is 18.5 Å². The normalized spacial score (nSPS) is 12.0. The molecule has 0 rings (SSSR count). The third-order valence-electron chi connectivity index (χ3n) is 1.39. The third kappa shape index (κ3) is 7.31. The molecule has 2 nitrogen and oxygen atoms in total. The average molecular weight is 286 g/mol. The molecule has 0 aliphatic rings. The second kappa shape index (κ2) is 7.09. The van der Waals surface area contributed by atoms with Gasteiger partial charge >= 0.3 is 0 Å². The van der Waals surface area contributed by atoms with Crippen molar-refractivity contribution >= 4 is 22.6 Å². The van der Waals surface area contributed by atoms with Crippen LogP contribution in [-0.4, -0.2) is 29.8 Å². The Balaban J connectivity index is 3.19. The number of rotatable bonds is 7. The second-order valence-electron chi connectivity index (χ2n) is 3.35. The lowest BCUT2D eigenvalue weighted by atomic mass is 10.2. The molecule has 0 unspecified atom stereocenters. The van der Waals surface area contributed by atoms with Gasteiger partial charge in [-0.15, -0.1) is 0 Å². The van der Waals surface area contributed by atoms with Crippen LogP contribution in [0.3, 0.4) is 0 Å². The zero-order valence-corrected chi connectivity index (χ0v) is 10.4. The van der Waals surface area contributed by atoms with Gasteiger partial charge < -0.3 is 9.47 Å². The van der Waals surface area contributed by atoms with E-state index in [1.807, 2.05) is 0 Å². The molecule has 0 aromatic rings. The van der Waals surface area contributed by atoms with Crippen LogP contribution in [0.2, 0.25) is 0 Å². The van der Waals surface area contributed by atoms with E-state index in [1.54, 1.807) is 0 Å². The smallest absolute Gasteiger partial charge is 0.0716 e. The Morgan fingerprint density at radius 3 is 2.33 bits per heavy atom. The molecule has 0 atom stereocenters. The maximum absolute atomic E-state index is 5.59. The quantitative estimate of drug-likeness (QED) is 0.407. The van der Waals surface area contributed by atoms with Crippen LogP contribution in [0.25, 0.3) is 0 Å². The van der Waals surface area contributed by atoms with Crippen molar-refractivity contribution in [2.45, 2.75) is 32.8 Å². The number of ether oxygens (including phenoxy) is 2. The number of halogens is 1. The maximum Gasteiger partial charge on any atom is 0.0716 e. The Kier molecular flexibility index (Phi) is 7.48. The van der Waals surface area contributed by atoms with Gasteiger partial charge in [-0.3, -0.25) is 0 Å². The molecule has 0 spiro atoms. The van der Waals surface area contributed by atoms with Gasteiger partial charge in [0.15, 0.2) is 0 Å². The van der Waals surface area contributed by atoms with Crippen LogP contribution >= 0.6 is 22.6 Å². The highest BCUT2D eigenvalue weighted by molar-refractivity contribution is 14.1. The van der Waals surface area contributed by atoms with Crippen molar-refractivity contribution in [3.63, 3.8) is 0 Å². The molecule has 0 aliphatic heterocycles. The van der Waals surface area contributed by atoms with Crippen LogP contribution < -0.4 is 0 Å². The summed E-state index contributed by atoms with van der Waals surface area (Å²) in [7, 11) is 0. The zero-order valence-electron chi connectivity index (χ0n) is 8.23. The summed E-state index contributed by atoms with van der Waals surface area (Å²) in [4.78, 5) is 0. The van der Waals surface area contributed by atoms with Crippen LogP contribution in [0.15, 0.2) is 0 Å². The molecule has 0 heterocycles. The van der Waals surface area contributed by atoms with Gasteiger partial charge in [0, 0.05) is 11.0 Å². The molecule has 3 heteroatoms. The molecule has 0 amide bonds. The molecule has 0 aliphatic carbocycles. The summed E-state index contributed by atoms with van der Waals surface area (Å²) in [5.41, 5.74) is -0.00383. The highest BCUT2D eigenvalue weighted by Gasteiger charge is 2.15. The van der Waals surface area contributed by atoms with Gasteiger partial charge in [0.05, 0.1) is 18.8 Å². The standard InChI is InChI=1S/C9H19IO2/c1-4-5-11-6-7-12-9(2,3)8-10/h4-8H2,1-3H3. The molecule has 0 saturated carbocycles. The van der Waals surface area contributed by atoms with Gasteiger partial charge in [0.2, 0.25) is 0 Å². The van der Waals surface area contributed by atoms with Crippen LogP contribution in [0.4, 0.5) is 0 Å². The summed E-state index contributed by atoms with van der Waals surface area (Å²) in [6.07, 6.45) is 1.08. The van der Waals surface area contributed by atoms with Crippen LogP contribution in [0.5, 0.6) is 0 Å². The van der Waals surface area contributed by atoms with Gasteiger partial charge in [0.25, 0.3) is 0 Å². The molecule has 0 aromatic heterocycles. The van der Waals surface area contributed by atoms with Crippen molar-refractivity contribution in [3.8, 4) is 0 Å². The van der Waals surface area contributed by atoms with E-state index < -0.39 is 0 Å². The Morgan fingerprint density at radius 1 is 1.17 bits per heavy atom. The summed E-state index contributed by atoms with van der Waals surface area (Å²) in [6, 6.07) is 0. The predicted molar refractivity (Wildman–Crippen MR) is 60.0 cm³/mol. The van der Waals surface area contributed by atoms with Crippen molar-refractivity contribution in [1.29, 1.82) is 0 Å². The van der Waals surface area contributed by atoms with E-state index in [9.17, 15) is 0 Å². The first-order valence-electron chi connectivity index (χ1n) is 4.40. The molecule has 74 valence electrons. The van der Waals surface area contributed by atoms with Crippen LogP contribution in [0, 0.1) is 0 Å². The molecule has 0 saturated heterocycles. The Labute approximate surface area is 89.1 Å². The van der Waals surface area contributed by atoms with E-state index in [4.69, 9.17) is 9.47 Å². The number of hydrogen-bond acceptors (Lipinski definition) is 2. The Bertz CT molecular complexity index is 105. The van der Waals surface area contributed by atoms with Crippen molar-refractivity contribution in [2.75, 3.05) is 24.2 Å². The van der Waals surface area contributed by atoms with E-state index in [0.717, 1.165) is 17.5 Å². The van der Waals surface area contributed by atoms with Crippen molar-refractivity contribution < 1.29 is 9.47 Å². The average Bonchev–Trinajstić information content (AvgIpc) is 2.04. The van der Waals surface area contributed by atoms with E-state index in [-0.39, 0.29) is 5.60 Å². The first-order valence-corrected chi connectivity index (χ1v) is 5.92. The zero-order chi connectivity index (χ0) is 9.45. The van der Waals surface area contributed by atoms with E-state index in [0.29, 0.717) is 13.2 Å². The van der Waals surface area contributed by atoms with Crippen LogP contribution in [-0.2, 0) is 9.47 Å². The van der Waals surface area contributed by atoms with Crippen molar-refractivity contribution in [3.05, 3.63) is 0 Å². The molecular weight excluding hydrogens is 267 g/mol. The van der Waals surface area contributed by atoms with E-state index >= 15 is 0 Å². The summed E-state index contributed by atoms with van der Waals surface area (Å²) in [5.74, 6) is 0. The highest BCUT2D eigenvalue weighted by atomic mass is 127. The monoisotopic (exact) mass is 286 g/mol. The van der Waals surface area contributed by atoms with Crippen LogP contribution in [0.1, 0.15) is 27.2 Å². The minimum absolute atomic E-state index is 0.00383. The number of hydrogen-bond donors (Lipinski definition) is 0. The minimum Gasteiger partial charge on any atom is -0.379 e. The first kappa shape index (κ1) is 12.7. The Morgan fingerprint density at radius 2 is 1.83 bits per heavy atom. The predicted octanol–water partition coefficient (Wildman–Crippen LogP) is 2.64. The van der Waals surface area contributed by atoms with Crippen molar-refractivity contribution in [2.24, 2.45) is 0 Å². The second-order valence-corrected chi connectivity index (χ2v) is 4.12. The fourth-order valence-corrected chi connectivity index (χ4v) is 0.882. The van der Waals surface area contributed by atoms with Gasteiger partial charge in [-0.1, -0.05) is 29.5 Å². The highest BCUT2D eigenvalue weighted by Crippen LogP contribution is 2.11. The molecule has 12 heavy (non-hydrogen) atoms. The lowest BCUT2D eigenvalue weighted by molar-refractivity contribution is -0.0302. The molecule has 0 N–H and O–H groups in total. The SMILES string of the molecule is CCCOCCOC(C)(C)CI. The van der Waals surface area contributed by atoms with Gasteiger partial charge in [0.1, 0.15) is 0 Å². The Hall–Kier alpha value is 0.650. The number of alkyl halides is 1. The maximum atomic E-state index is 5.59. The summed E-state index contributed by atoms with van der Waals surface area (Å²) < 4.78 is 11.9. The molecular formula is C9H19IO2. The van der Waals surface area contributed by atoms with E-state index in [1.165, 1.54) is 0 Å². The molecule has 0 aromatic carbocycles. The minimum atomic E-state index is -0.00383. The lowest BCUT2D eigenvalue weighted by Crippen LogP contribution is -2.27. The first-order chi connectivity index (χ1) is 5.62. The fraction of sp³-hybridized carbons (Fsp3) is 1.00. The van der Waals surface area contributed by atoms with Gasteiger partial charge in [-0.2, -0.15) is 0 Å². The van der Waals surface area contributed by atoms with Gasteiger partial charge in [-0.25, -0.2) is 0 Å². The van der Waals surface area contributed by atoms with Gasteiger partial charge in [-0.05, 0) is 20.3 Å². The fourth-order valence-electron chi connectivity index (χ4n) is 0.662. The van der Waals surface area contributed by atoms with E-state index in [2.05, 4.69) is 43.4 Å². The molecule has 0 fully saturated rings. The molecule has 0 radical (unpaired) electrons. The largest absolute Gasteiger partial charge is 0.379 e. The molecule has 0 bridgehead atoms. The summed E-state index contributed by atoms with van der Waals surface area (Å²) in [5, 5.41) is 0. The summed E-state index contributed by atoms with van der Waals surface area (Å²) >= 11 is 2.33. The van der Waals surface area contributed by atoms with Crippen molar-refractivity contribution in [1.82, 2.24) is 0 Å². The third-order valence-corrected chi connectivity index (χ3v) is 3.23.